The zero-order chi connectivity index (χ0) is 17.9. The minimum Gasteiger partial charge on any atom is -0.478 e. The summed E-state index contributed by atoms with van der Waals surface area (Å²) in [6.45, 7) is 0. The first kappa shape index (κ1) is 18.0. The third kappa shape index (κ3) is 4.36. The molecule has 0 radical (unpaired) electrons. The highest BCUT2D eigenvalue weighted by molar-refractivity contribution is 9.10. The second-order valence-corrected chi connectivity index (χ2v) is 7.47. The van der Waals surface area contributed by atoms with Crippen LogP contribution in [0, 0.1) is 5.82 Å². The van der Waals surface area contributed by atoms with Gasteiger partial charge in [0, 0.05) is 10.7 Å². The number of carbonyl (C=O) groups excluding carboxylic acids is 1. The van der Waals surface area contributed by atoms with Crippen LogP contribution in [0.25, 0.3) is 0 Å². The maximum Gasteiger partial charge on any atom is 0.337 e. The van der Waals surface area contributed by atoms with E-state index in [4.69, 9.17) is 5.11 Å². The van der Waals surface area contributed by atoms with Gasteiger partial charge in [0.1, 0.15) is 11.6 Å². The monoisotopic (exact) mass is 416 g/mol. The molecule has 1 heterocycles. The number of amides is 1. The van der Waals surface area contributed by atoms with Crippen molar-refractivity contribution in [2.75, 3.05) is 11.1 Å². The number of carboxylic acids is 1. The lowest BCUT2D eigenvalue weighted by Crippen LogP contribution is -2.24. The Labute approximate surface area is 144 Å². The summed E-state index contributed by atoms with van der Waals surface area (Å²) >= 11 is 3.06. The quantitative estimate of drug-likeness (QED) is 0.771. The molecule has 1 aromatic heterocycles. The lowest BCUT2D eigenvalue weighted by molar-refractivity contribution is -0.113. The topological polar surface area (TPSA) is 113 Å². The van der Waals surface area contributed by atoms with E-state index in [-0.39, 0.29) is 11.3 Å². The van der Waals surface area contributed by atoms with Gasteiger partial charge in [-0.15, -0.1) is 0 Å². The summed E-state index contributed by atoms with van der Waals surface area (Å²) in [5.74, 6) is -3.88. The number of sulfone groups is 1. The molecule has 0 spiro atoms. The van der Waals surface area contributed by atoms with E-state index in [1.807, 2.05) is 0 Å². The molecular formula is C14H10BrFN2O5S. The summed E-state index contributed by atoms with van der Waals surface area (Å²) in [6.07, 6.45) is 0.877. The number of rotatable bonds is 5. The molecule has 0 atom stereocenters. The fraction of sp³-hybridized carbons (Fsp3) is 0.0714. The summed E-state index contributed by atoms with van der Waals surface area (Å²) in [5, 5.41) is 10.5. The molecule has 2 N–H and O–H groups in total. The Balaban J connectivity index is 2.13. The van der Waals surface area contributed by atoms with Crippen molar-refractivity contribution in [3.8, 4) is 0 Å². The average molecular weight is 417 g/mol. The molecule has 0 unspecified atom stereocenters. The lowest BCUT2D eigenvalue weighted by Gasteiger charge is -2.07. The maximum atomic E-state index is 13.6. The molecule has 2 aromatic rings. The van der Waals surface area contributed by atoms with Crippen molar-refractivity contribution in [1.82, 2.24) is 4.98 Å². The van der Waals surface area contributed by atoms with Crippen molar-refractivity contribution >= 4 is 43.3 Å². The number of nitrogens with one attached hydrogen (secondary N) is 1. The van der Waals surface area contributed by atoms with Crippen molar-refractivity contribution in [2.45, 2.75) is 5.03 Å². The first-order valence-corrected chi connectivity index (χ1v) is 8.80. The fourth-order valence-corrected chi connectivity index (χ4v) is 3.10. The van der Waals surface area contributed by atoms with Crippen LogP contribution < -0.4 is 5.32 Å². The lowest BCUT2D eigenvalue weighted by atomic mass is 10.3. The van der Waals surface area contributed by atoms with Crippen LogP contribution >= 0.6 is 15.9 Å². The zero-order valence-electron chi connectivity index (χ0n) is 11.9. The predicted molar refractivity (Wildman–Crippen MR) is 86.0 cm³/mol. The molecule has 0 aliphatic heterocycles. The highest BCUT2D eigenvalue weighted by atomic mass is 79.9. The molecule has 0 bridgehead atoms. The highest BCUT2D eigenvalue weighted by Crippen LogP contribution is 2.19. The summed E-state index contributed by atoms with van der Waals surface area (Å²) in [6, 6.07) is 5.94. The van der Waals surface area contributed by atoms with E-state index < -0.39 is 38.3 Å². The van der Waals surface area contributed by atoms with Crippen LogP contribution in [0.3, 0.4) is 0 Å². The van der Waals surface area contributed by atoms with E-state index in [0.717, 1.165) is 24.4 Å². The van der Waals surface area contributed by atoms with Gasteiger partial charge in [-0.2, -0.15) is 0 Å². The zero-order valence-corrected chi connectivity index (χ0v) is 14.3. The van der Waals surface area contributed by atoms with Gasteiger partial charge in [0.2, 0.25) is 15.7 Å². The molecule has 1 amide bonds. The maximum absolute atomic E-state index is 13.6. The van der Waals surface area contributed by atoms with Crippen LogP contribution in [-0.2, 0) is 14.6 Å². The van der Waals surface area contributed by atoms with E-state index in [2.05, 4.69) is 26.2 Å². The summed E-state index contributed by atoms with van der Waals surface area (Å²) in [7, 11) is -4.09. The molecule has 0 aliphatic rings. The molecule has 10 heteroatoms. The Morgan fingerprint density at radius 2 is 1.96 bits per heavy atom. The van der Waals surface area contributed by atoms with Gasteiger partial charge in [-0.05, 0) is 30.3 Å². The average Bonchev–Trinajstić information content (AvgIpc) is 2.49. The Morgan fingerprint density at radius 3 is 2.50 bits per heavy atom. The minimum absolute atomic E-state index is 0.160. The molecule has 0 saturated heterocycles. The molecule has 126 valence electrons. The Kier molecular flexibility index (Phi) is 5.30. The molecule has 7 nitrogen and oxygen atoms in total. The van der Waals surface area contributed by atoms with E-state index in [0.29, 0.717) is 4.47 Å². The number of pyridine rings is 1. The van der Waals surface area contributed by atoms with E-state index >= 15 is 0 Å². The largest absolute Gasteiger partial charge is 0.478 e. The Morgan fingerprint density at radius 1 is 1.25 bits per heavy atom. The molecule has 1 aromatic carbocycles. The summed E-state index contributed by atoms with van der Waals surface area (Å²) in [5.41, 5.74) is -0.345. The van der Waals surface area contributed by atoms with Gasteiger partial charge >= 0.3 is 5.97 Å². The van der Waals surface area contributed by atoms with E-state index in [1.165, 1.54) is 12.1 Å². The van der Waals surface area contributed by atoms with E-state index in [9.17, 15) is 22.4 Å². The number of aromatic nitrogens is 1. The number of aromatic carboxylic acids is 1. The summed E-state index contributed by atoms with van der Waals surface area (Å²) < 4.78 is 38.3. The number of anilines is 1. The number of carboxylic acid groups (broad SMARTS) is 1. The van der Waals surface area contributed by atoms with Crippen LogP contribution in [-0.4, -0.2) is 36.1 Å². The van der Waals surface area contributed by atoms with Crippen molar-refractivity contribution in [2.24, 2.45) is 0 Å². The molecular weight excluding hydrogens is 407 g/mol. The number of carbonyl (C=O) groups is 2. The first-order valence-electron chi connectivity index (χ1n) is 6.36. The Bertz CT molecular complexity index is 900. The van der Waals surface area contributed by atoms with Gasteiger partial charge in [0.05, 0.1) is 11.3 Å². The van der Waals surface area contributed by atoms with Gasteiger partial charge < -0.3 is 10.4 Å². The van der Waals surface area contributed by atoms with Crippen LogP contribution in [0.1, 0.15) is 10.4 Å². The van der Waals surface area contributed by atoms with Crippen LogP contribution in [0.4, 0.5) is 10.1 Å². The second kappa shape index (κ2) is 7.05. The molecule has 0 fully saturated rings. The number of nitrogens with zero attached hydrogens (tertiary/aromatic N) is 1. The third-order valence-electron chi connectivity index (χ3n) is 2.83. The van der Waals surface area contributed by atoms with Gasteiger partial charge in [0.25, 0.3) is 0 Å². The van der Waals surface area contributed by atoms with Gasteiger partial charge in [-0.3, -0.25) is 4.79 Å². The highest BCUT2D eigenvalue weighted by Gasteiger charge is 2.22. The van der Waals surface area contributed by atoms with Crippen molar-refractivity contribution < 1.29 is 27.5 Å². The van der Waals surface area contributed by atoms with Gasteiger partial charge in [0.15, 0.2) is 5.03 Å². The smallest absolute Gasteiger partial charge is 0.337 e. The van der Waals surface area contributed by atoms with E-state index in [1.54, 1.807) is 0 Å². The standard InChI is InChI=1S/C14H10BrFN2O5S/c15-9-2-3-11(10(16)5-9)18-12(19)7-24(22,23)13-4-1-8(6-17-13)14(20)21/h1-6H,7H2,(H,18,19)(H,20,21). The Hall–Kier alpha value is -2.33. The van der Waals surface area contributed by atoms with Gasteiger partial charge in [-0.1, -0.05) is 15.9 Å². The van der Waals surface area contributed by atoms with Crippen LogP contribution in [0.2, 0.25) is 0 Å². The predicted octanol–water partition coefficient (Wildman–Crippen LogP) is 2.09. The molecule has 0 aliphatic carbocycles. The van der Waals surface area contributed by atoms with Gasteiger partial charge in [-0.25, -0.2) is 22.6 Å². The third-order valence-corrected chi connectivity index (χ3v) is 4.84. The number of hydrogen-bond acceptors (Lipinski definition) is 5. The number of halogens is 2. The van der Waals surface area contributed by atoms with Crippen LogP contribution in [0.5, 0.6) is 0 Å². The van der Waals surface area contributed by atoms with Crippen molar-refractivity contribution in [3.63, 3.8) is 0 Å². The summed E-state index contributed by atoms with van der Waals surface area (Å²) in [4.78, 5) is 26.1. The second-order valence-electron chi connectivity index (χ2n) is 4.62. The van der Waals surface area contributed by atoms with Crippen molar-refractivity contribution in [1.29, 1.82) is 0 Å². The molecule has 0 saturated carbocycles. The SMILES string of the molecule is O=C(CS(=O)(=O)c1ccc(C(=O)O)cn1)Nc1ccc(Br)cc1F. The fourth-order valence-electron chi connectivity index (χ4n) is 1.71. The van der Waals surface area contributed by atoms with Crippen molar-refractivity contribution in [3.05, 3.63) is 52.4 Å². The van der Waals surface area contributed by atoms with Crippen LogP contribution in [0.15, 0.2) is 46.0 Å². The molecule has 24 heavy (non-hydrogen) atoms. The normalized spacial score (nSPS) is 11.1. The number of hydrogen-bond donors (Lipinski definition) is 2. The first-order chi connectivity index (χ1) is 11.2. The minimum atomic E-state index is -4.09. The molecule has 2 rings (SSSR count). The number of benzene rings is 1.